The first-order valence-electron chi connectivity index (χ1n) is 8.28. The molecule has 4 unspecified atom stereocenters. The molecular weight excluding hydrogens is 244 g/mol. The average Bonchev–Trinajstić information content (AvgIpc) is 2.66. The van der Waals surface area contributed by atoms with Gasteiger partial charge in [-0.25, -0.2) is 0 Å². The van der Waals surface area contributed by atoms with Crippen LogP contribution in [-0.2, 0) is 6.54 Å². The third kappa shape index (κ3) is 3.07. The number of rotatable bonds is 2. The predicted molar refractivity (Wildman–Crippen MR) is 84.6 cm³/mol. The highest BCUT2D eigenvalue weighted by atomic mass is 15.0. The summed E-state index contributed by atoms with van der Waals surface area (Å²) in [5.41, 5.74) is 2.99. The standard InChI is InChI=1S/C18H28N2/c1-13-7-8-16(11-14(13)2)20-18-9-10-19-12-15-5-3-4-6-17(15)18/h3-6,13-14,16,18-20H,7-12H2,1-2H3. The van der Waals surface area contributed by atoms with Crippen molar-refractivity contribution in [3.63, 3.8) is 0 Å². The van der Waals surface area contributed by atoms with Crippen LogP contribution in [0.25, 0.3) is 0 Å². The summed E-state index contributed by atoms with van der Waals surface area (Å²) >= 11 is 0. The molecule has 2 nitrogen and oxygen atoms in total. The van der Waals surface area contributed by atoms with Gasteiger partial charge in [-0.2, -0.15) is 0 Å². The van der Waals surface area contributed by atoms with E-state index in [4.69, 9.17) is 0 Å². The number of hydrogen-bond donors (Lipinski definition) is 2. The van der Waals surface area contributed by atoms with Crippen LogP contribution >= 0.6 is 0 Å². The molecule has 2 N–H and O–H groups in total. The fraction of sp³-hybridized carbons (Fsp3) is 0.667. The van der Waals surface area contributed by atoms with E-state index in [2.05, 4.69) is 48.7 Å². The van der Waals surface area contributed by atoms with E-state index in [1.807, 2.05) is 0 Å². The number of hydrogen-bond acceptors (Lipinski definition) is 2. The Labute approximate surface area is 123 Å². The van der Waals surface area contributed by atoms with Crippen LogP contribution in [-0.4, -0.2) is 12.6 Å². The van der Waals surface area contributed by atoms with E-state index in [-0.39, 0.29) is 0 Å². The molecule has 1 saturated carbocycles. The Hall–Kier alpha value is -0.860. The van der Waals surface area contributed by atoms with Gasteiger partial charge in [-0.3, -0.25) is 0 Å². The topological polar surface area (TPSA) is 24.1 Å². The van der Waals surface area contributed by atoms with Gasteiger partial charge in [-0.1, -0.05) is 38.1 Å². The second-order valence-electron chi connectivity index (χ2n) is 6.85. The molecule has 20 heavy (non-hydrogen) atoms. The summed E-state index contributed by atoms with van der Waals surface area (Å²) in [7, 11) is 0. The quantitative estimate of drug-likeness (QED) is 0.859. The molecule has 2 aliphatic rings. The van der Waals surface area contributed by atoms with Crippen molar-refractivity contribution in [2.24, 2.45) is 11.8 Å². The number of nitrogens with one attached hydrogen (secondary N) is 2. The van der Waals surface area contributed by atoms with Gasteiger partial charge in [-0.05, 0) is 55.2 Å². The molecule has 3 rings (SSSR count). The van der Waals surface area contributed by atoms with Crippen LogP contribution in [0, 0.1) is 11.8 Å². The smallest absolute Gasteiger partial charge is 0.0337 e. The zero-order valence-electron chi connectivity index (χ0n) is 12.9. The SMILES string of the molecule is CC1CCC(NC2CCNCc3ccccc32)CC1C. The Kier molecular flexibility index (Phi) is 4.42. The fourth-order valence-corrected chi connectivity index (χ4v) is 3.82. The summed E-state index contributed by atoms with van der Waals surface area (Å²) < 4.78 is 0. The fourth-order valence-electron chi connectivity index (χ4n) is 3.82. The second kappa shape index (κ2) is 6.28. The van der Waals surface area contributed by atoms with Crippen molar-refractivity contribution < 1.29 is 0 Å². The van der Waals surface area contributed by atoms with Gasteiger partial charge >= 0.3 is 0 Å². The first-order valence-corrected chi connectivity index (χ1v) is 8.28. The Balaban J connectivity index is 1.71. The first kappa shape index (κ1) is 14.1. The first-order chi connectivity index (χ1) is 9.74. The normalized spacial score (nSPS) is 34.3. The van der Waals surface area contributed by atoms with Crippen LogP contribution in [0.2, 0.25) is 0 Å². The van der Waals surface area contributed by atoms with Crippen molar-refractivity contribution in [3.05, 3.63) is 35.4 Å². The molecule has 0 aromatic heterocycles. The van der Waals surface area contributed by atoms with Crippen LogP contribution in [0.4, 0.5) is 0 Å². The van der Waals surface area contributed by atoms with Crippen molar-refractivity contribution in [1.82, 2.24) is 10.6 Å². The van der Waals surface area contributed by atoms with E-state index in [0.29, 0.717) is 12.1 Å². The molecule has 0 saturated heterocycles. The van der Waals surface area contributed by atoms with Crippen LogP contribution in [0.15, 0.2) is 24.3 Å². The molecule has 2 heteroatoms. The van der Waals surface area contributed by atoms with Crippen molar-refractivity contribution in [2.75, 3.05) is 6.54 Å². The summed E-state index contributed by atoms with van der Waals surface area (Å²) in [5.74, 6) is 1.76. The summed E-state index contributed by atoms with van der Waals surface area (Å²) in [4.78, 5) is 0. The number of fused-ring (bicyclic) bond motifs is 1. The van der Waals surface area contributed by atoms with Crippen molar-refractivity contribution in [1.29, 1.82) is 0 Å². The van der Waals surface area contributed by atoms with Gasteiger partial charge in [0.2, 0.25) is 0 Å². The highest BCUT2D eigenvalue weighted by Gasteiger charge is 2.27. The zero-order chi connectivity index (χ0) is 13.9. The monoisotopic (exact) mass is 272 g/mol. The molecule has 110 valence electrons. The maximum atomic E-state index is 3.96. The largest absolute Gasteiger partial charge is 0.313 e. The molecule has 1 aromatic carbocycles. The molecule has 1 fully saturated rings. The lowest BCUT2D eigenvalue weighted by Gasteiger charge is -2.35. The Morgan fingerprint density at radius 1 is 1.05 bits per heavy atom. The van der Waals surface area contributed by atoms with Gasteiger partial charge in [0.1, 0.15) is 0 Å². The summed E-state index contributed by atoms with van der Waals surface area (Å²) in [6.07, 6.45) is 5.27. The summed E-state index contributed by atoms with van der Waals surface area (Å²) in [5, 5.41) is 7.51. The molecule has 0 radical (unpaired) electrons. The highest BCUT2D eigenvalue weighted by molar-refractivity contribution is 5.31. The van der Waals surface area contributed by atoms with E-state index in [9.17, 15) is 0 Å². The van der Waals surface area contributed by atoms with Crippen LogP contribution < -0.4 is 10.6 Å². The Morgan fingerprint density at radius 2 is 1.90 bits per heavy atom. The molecule has 1 aliphatic heterocycles. The third-order valence-electron chi connectivity index (χ3n) is 5.39. The van der Waals surface area contributed by atoms with E-state index in [0.717, 1.165) is 24.9 Å². The predicted octanol–water partition coefficient (Wildman–Crippen LogP) is 3.64. The maximum Gasteiger partial charge on any atom is 0.0337 e. The Bertz CT molecular complexity index is 443. The van der Waals surface area contributed by atoms with Gasteiger partial charge < -0.3 is 10.6 Å². The molecule has 1 aliphatic carbocycles. The molecule has 0 spiro atoms. The van der Waals surface area contributed by atoms with Gasteiger partial charge in [0.05, 0.1) is 0 Å². The lowest BCUT2D eigenvalue weighted by Crippen LogP contribution is -2.38. The summed E-state index contributed by atoms with van der Waals surface area (Å²) in [6.45, 7) is 6.96. The van der Waals surface area contributed by atoms with Crippen LogP contribution in [0.1, 0.15) is 56.7 Å². The van der Waals surface area contributed by atoms with Crippen molar-refractivity contribution >= 4 is 0 Å². The number of benzene rings is 1. The molecule has 0 bridgehead atoms. The third-order valence-corrected chi connectivity index (χ3v) is 5.39. The summed E-state index contributed by atoms with van der Waals surface area (Å²) in [6, 6.07) is 10.2. The van der Waals surface area contributed by atoms with E-state index < -0.39 is 0 Å². The van der Waals surface area contributed by atoms with Gasteiger partial charge in [-0.15, -0.1) is 0 Å². The molecule has 1 heterocycles. The zero-order valence-corrected chi connectivity index (χ0v) is 12.9. The van der Waals surface area contributed by atoms with E-state index in [1.54, 1.807) is 0 Å². The maximum absolute atomic E-state index is 3.96. The molecule has 4 atom stereocenters. The van der Waals surface area contributed by atoms with Crippen molar-refractivity contribution in [2.45, 2.75) is 58.2 Å². The highest BCUT2D eigenvalue weighted by Crippen LogP contribution is 2.32. The lowest BCUT2D eigenvalue weighted by molar-refractivity contribution is 0.213. The van der Waals surface area contributed by atoms with Crippen LogP contribution in [0.5, 0.6) is 0 Å². The van der Waals surface area contributed by atoms with Crippen LogP contribution in [0.3, 0.4) is 0 Å². The average molecular weight is 272 g/mol. The minimum Gasteiger partial charge on any atom is -0.313 e. The van der Waals surface area contributed by atoms with E-state index >= 15 is 0 Å². The minimum absolute atomic E-state index is 0.534. The van der Waals surface area contributed by atoms with E-state index in [1.165, 1.54) is 36.8 Å². The van der Waals surface area contributed by atoms with Crippen molar-refractivity contribution in [3.8, 4) is 0 Å². The minimum atomic E-state index is 0.534. The molecule has 0 amide bonds. The molecular formula is C18H28N2. The lowest BCUT2D eigenvalue weighted by atomic mass is 9.78. The molecule has 1 aromatic rings. The van der Waals surface area contributed by atoms with Gasteiger partial charge in [0.25, 0.3) is 0 Å². The van der Waals surface area contributed by atoms with Gasteiger partial charge in [0.15, 0.2) is 0 Å². The Morgan fingerprint density at radius 3 is 2.75 bits per heavy atom. The van der Waals surface area contributed by atoms with Gasteiger partial charge in [0, 0.05) is 18.6 Å². The second-order valence-corrected chi connectivity index (χ2v) is 6.85.